The molecule has 1 amide bonds. The van der Waals surface area contributed by atoms with Gasteiger partial charge in [-0.1, -0.05) is 60.7 Å². The zero-order valence-electron chi connectivity index (χ0n) is 13.9. The fraction of sp³-hybridized carbons (Fsp3) is 0.143. The van der Waals surface area contributed by atoms with Gasteiger partial charge in [-0.2, -0.15) is 0 Å². The van der Waals surface area contributed by atoms with Crippen molar-refractivity contribution in [1.29, 1.82) is 0 Å². The first-order chi connectivity index (χ1) is 12.3. The summed E-state index contributed by atoms with van der Waals surface area (Å²) in [6.45, 7) is 0.524. The number of pyridine rings is 1. The van der Waals surface area contributed by atoms with Crippen molar-refractivity contribution < 1.29 is 4.79 Å². The Morgan fingerprint density at radius 1 is 0.920 bits per heavy atom. The Morgan fingerprint density at radius 3 is 2.32 bits per heavy atom. The van der Waals surface area contributed by atoms with E-state index >= 15 is 0 Å². The molecule has 0 aliphatic heterocycles. The van der Waals surface area contributed by atoms with Crippen LogP contribution in [0.25, 0.3) is 11.1 Å². The maximum Gasteiger partial charge on any atom is 0.261 e. The summed E-state index contributed by atoms with van der Waals surface area (Å²) < 4.78 is 0. The summed E-state index contributed by atoms with van der Waals surface area (Å²) in [5, 5.41) is 2.86. The number of benzene rings is 2. The maximum atomic E-state index is 12.5. The molecule has 25 heavy (non-hydrogen) atoms. The highest BCUT2D eigenvalue weighted by Gasteiger charge is 2.16. The summed E-state index contributed by atoms with van der Waals surface area (Å²) in [7, 11) is 0. The molecule has 0 saturated carbocycles. The SMILES string of the molecule is O=C(NCCCc1ccccc1)c1c(-c2ccccc2)cc[nH]c1=O. The van der Waals surface area contributed by atoms with Gasteiger partial charge in [-0.3, -0.25) is 9.59 Å². The lowest BCUT2D eigenvalue weighted by Gasteiger charge is -2.09. The third-order valence-electron chi connectivity index (χ3n) is 4.04. The van der Waals surface area contributed by atoms with E-state index in [2.05, 4.69) is 22.4 Å². The van der Waals surface area contributed by atoms with Crippen LogP contribution in [0.3, 0.4) is 0 Å². The molecule has 0 atom stereocenters. The Balaban J connectivity index is 1.69. The Morgan fingerprint density at radius 2 is 1.60 bits per heavy atom. The number of H-pyrrole nitrogens is 1. The van der Waals surface area contributed by atoms with Crippen molar-refractivity contribution in [3.63, 3.8) is 0 Å². The normalized spacial score (nSPS) is 10.4. The van der Waals surface area contributed by atoms with Crippen LogP contribution in [0.4, 0.5) is 0 Å². The predicted octanol–water partition coefficient (Wildman–Crippen LogP) is 3.40. The van der Waals surface area contributed by atoms with Gasteiger partial charge in [-0.25, -0.2) is 0 Å². The van der Waals surface area contributed by atoms with Gasteiger partial charge in [0.15, 0.2) is 0 Å². The van der Waals surface area contributed by atoms with Crippen LogP contribution in [0, 0.1) is 0 Å². The molecule has 0 fully saturated rings. The zero-order valence-corrected chi connectivity index (χ0v) is 13.9. The largest absolute Gasteiger partial charge is 0.352 e. The van der Waals surface area contributed by atoms with Crippen LogP contribution >= 0.6 is 0 Å². The summed E-state index contributed by atoms with van der Waals surface area (Å²) in [6.07, 6.45) is 3.27. The van der Waals surface area contributed by atoms with Crippen molar-refractivity contribution in [2.75, 3.05) is 6.54 Å². The lowest BCUT2D eigenvalue weighted by Crippen LogP contribution is -2.31. The molecule has 3 rings (SSSR count). The highest BCUT2D eigenvalue weighted by Crippen LogP contribution is 2.20. The number of nitrogens with one attached hydrogen (secondary N) is 2. The van der Waals surface area contributed by atoms with Gasteiger partial charge in [0.2, 0.25) is 0 Å². The number of rotatable bonds is 6. The molecule has 4 nitrogen and oxygen atoms in total. The van der Waals surface area contributed by atoms with E-state index < -0.39 is 0 Å². The quantitative estimate of drug-likeness (QED) is 0.680. The number of amides is 1. The molecule has 0 aliphatic carbocycles. The smallest absolute Gasteiger partial charge is 0.261 e. The Kier molecular flexibility index (Phi) is 5.42. The Hall–Kier alpha value is -3.14. The van der Waals surface area contributed by atoms with E-state index in [1.165, 1.54) is 5.56 Å². The van der Waals surface area contributed by atoms with Crippen molar-refractivity contribution in [1.82, 2.24) is 10.3 Å². The zero-order chi connectivity index (χ0) is 17.5. The van der Waals surface area contributed by atoms with Gasteiger partial charge in [-0.15, -0.1) is 0 Å². The average molecular weight is 332 g/mol. The molecule has 1 aromatic heterocycles. The van der Waals surface area contributed by atoms with E-state index in [1.54, 1.807) is 12.3 Å². The van der Waals surface area contributed by atoms with Gasteiger partial charge in [-0.05, 0) is 30.0 Å². The first-order valence-electron chi connectivity index (χ1n) is 8.35. The molecule has 3 aromatic rings. The molecule has 4 heteroatoms. The number of aromatic amines is 1. The molecule has 0 spiro atoms. The minimum absolute atomic E-state index is 0.161. The molecule has 0 aliphatic rings. The third kappa shape index (κ3) is 4.23. The fourth-order valence-electron chi connectivity index (χ4n) is 2.79. The number of aromatic nitrogens is 1. The first-order valence-corrected chi connectivity index (χ1v) is 8.35. The van der Waals surface area contributed by atoms with Crippen LogP contribution in [0.15, 0.2) is 77.7 Å². The van der Waals surface area contributed by atoms with E-state index in [-0.39, 0.29) is 17.0 Å². The highest BCUT2D eigenvalue weighted by atomic mass is 16.2. The van der Waals surface area contributed by atoms with Crippen molar-refractivity contribution in [2.24, 2.45) is 0 Å². The second-order valence-electron chi connectivity index (χ2n) is 5.81. The highest BCUT2D eigenvalue weighted by molar-refractivity contribution is 6.00. The Bertz CT molecular complexity index is 887. The molecule has 126 valence electrons. The molecule has 2 N–H and O–H groups in total. The fourth-order valence-corrected chi connectivity index (χ4v) is 2.79. The minimum Gasteiger partial charge on any atom is -0.352 e. The van der Waals surface area contributed by atoms with Crippen molar-refractivity contribution in [3.8, 4) is 11.1 Å². The molecule has 0 bridgehead atoms. The van der Waals surface area contributed by atoms with Crippen molar-refractivity contribution in [2.45, 2.75) is 12.8 Å². The predicted molar refractivity (Wildman–Crippen MR) is 99.6 cm³/mol. The molecular weight excluding hydrogens is 312 g/mol. The van der Waals surface area contributed by atoms with Crippen LogP contribution < -0.4 is 10.9 Å². The second kappa shape index (κ2) is 8.11. The summed E-state index contributed by atoms with van der Waals surface area (Å²) in [5.41, 5.74) is 2.52. The van der Waals surface area contributed by atoms with E-state index in [1.807, 2.05) is 48.5 Å². The number of carbonyl (C=O) groups is 1. The van der Waals surface area contributed by atoms with Crippen molar-refractivity contribution in [3.05, 3.63) is 94.4 Å². The molecular formula is C21H20N2O2. The number of aryl methyl sites for hydroxylation is 1. The van der Waals surface area contributed by atoms with Crippen LogP contribution in [0.5, 0.6) is 0 Å². The van der Waals surface area contributed by atoms with Crippen molar-refractivity contribution >= 4 is 5.91 Å². The second-order valence-corrected chi connectivity index (χ2v) is 5.81. The van der Waals surface area contributed by atoms with Gasteiger partial charge >= 0.3 is 0 Å². The van der Waals surface area contributed by atoms with Crippen LogP contribution in [0.1, 0.15) is 22.3 Å². The third-order valence-corrected chi connectivity index (χ3v) is 4.04. The number of hydrogen-bond donors (Lipinski definition) is 2. The lowest BCUT2D eigenvalue weighted by molar-refractivity contribution is 0.0952. The van der Waals surface area contributed by atoms with Crippen LogP contribution in [-0.4, -0.2) is 17.4 Å². The van der Waals surface area contributed by atoms with Gasteiger partial charge in [0.25, 0.3) is 11.5 Å². The monoisotopic (exact) mass is 332 g/mol. The minimum atomic E-state index is -0.373. The molecule has 0 radical (unpaired) electrons. The summed E-state index contributed by atoms with van der Waals surface area (Å²) in [6, 6.07) is 21.3. The van der Waals surface area contributed by atoms with Crippen LogP contribution in [-0.2, 0) is 6.42 Å². The van der Waals surface area contributed by atoms with Gasteiger partial charge in [0, 0.05) is 18.3 Å². The summed E-state index contributed by atoms with van der Waals surface area (Å²) >= 11 is 0. The topological polar surface area (TPSA) is 62.0 Å². The Labute approximate surface area is 146 Å². The summed E-state index contributed by atoms with van der Waals surface area (Å²) in [5.74, 6) is -0.339. The molecule has 2 aromatic carbocycles. The number of carbonyl (C=O) groups excluding carboxylic acids is 1. The van der Waals surface area contributed by atoms with E-state index in [4.69, 9.17) is 0 Å². The number of hydrogen-bond acceptors (Lipinski definition) is 2. The van der Waals surface area contributed by atoms with Gasteiger partial charge < -0.3 is 10.3 Å². The lowest BCUT2D eigenvalue weighted by atomic mass is 10.0. The molecule has 0 unspecified atom stereocenters. The standard InChI is InChI=1S/C21H20N2O2/c24-20(22-14-7-10-16-8-3-1-4-9-16)19-18(13-15-23-21(19)25)17-11-5-2-6-12-17/h1-6,8-9,11-13,15H,7,10,14H2,(H,22,24)(H,23,25). The molecule has 1 heterocycles. The average Bonchev–Trinajstić information content (AvgIpc) is 2.66. The summed E-state index contributed by atoms with van der Waals surface area (Å²) in [4.78, 5) is 27.3. The molecule has 0 saturated heterocycles. The first kappa shape index (κ1) is 16.7. The van der Waals surface area contributed by atoms with E-state index in [0.717, 1.165) is 18.4 Å². The van der Waals surface area contributed by atoms with E-state index in [9.17, 15) is 9.59 Å². The maximum absolute atomic E-state index is 12.5. The van der Waals surface area contributed by atoms with E-state index in [0.29, 0.717) is 12.1 Å². The van der Waals surface area contributed by atoms with Gasteiger partial charge in [0.1, 0.15) is 5.56 Å². The van der Waals surface area contributed by atoms with Crippen LogP contribution in [0.2, 0.25) is 0 Å². The van der Waals surface area contributed by atoms with Gasteiger partial charge in [0.05, 0.1) is 0 Å².